The van der Waals surface area contributed by atoms with E-state index >= 15 is 0 Å². The molecule has 0 aliphatic rings. The largest absolute Gasteiger partial charge is 0.444 e. The SMILES string of the molecule is CCCCCN(C(=O)C(CC(C)C)NC(=O)OC(C)(C)C)C(C(=O)Nc1c(C)cccc1C)c1ccccc1. The quantitative estimate of drug-likeness (QED) is 0.287. The molecule has 7 nitrogen and oxygen atoms in total. The maximum atomic E-state index is 14.3. The fourth-order valence-electron chi connectivity index (χ4n) is 4.55. The van der Waals surface area contributed by atoms with Gasteiger partial charge in [-0.05, 0) is 70.1 Å². The summed E-state index contributed by atoms with van der Waals surface area (Å²) in [7, 11) is 0. The molecule has 2 atom stereocenters. The lowest BCUT2D eigenvalue weighted by molar-refractivity contribution is -0.141. The summed E-state index contributed by atoms with van der Waals surface area (Å²) < 4.78 is 5.48. The molecule has 2 aromatic rings. The number of hydrogen-bond acceptors (Lipinski definition) is 4. The number of anilines is 1. The van der Waals surface area contributed by atoms with Crippen LogP contribution < -0.4 is 10.6 Å². The maximum Gasteiger partial charge on any atom is 0.408 e. The number of hydrogen-bond donors (Lipinski definition) is 2. The van der Waals surface area contributed by atoms with E-state index in [1.165, 1.54) is 0 Å². The first kappa shape index (κ1) is 31.9. The molecule has 0 aliphatic heterocycles. The molecule has 0 fully saturated rings. The van der Waals surface area contributed by atoms with Crippen molar-refractivity contribution in [3.05, 3.63) is 65.2 Å². The van der Waals surface area contributed by atoms with Crippen LogP contribution in [0.3, 0.4) is 0 Å². The normalized spacial score (nSPS) is 12.9. The molecule has 0 aromatic heterocycles. The van der Waals surface area contributed by atoms with Crippen molar-refractivity contribution in [1.82, 2.24) is 10.2 Å². The number of aryl methyl sites for hydroxylation is 2. The highest BCUT2D eigenvalue weighted by Gasteiger charge is 2.36. The first-order valence-corrected chi connectivity index (χ1v) is 14.1. The zero-order valence-corrected chi connectivity index (χ0v) is 25.0. The number of benzene rings is 2. The molecular formula is C32H47N3O4. The van der Waals surface area contributed by atoms with Crippen molar-refractivity contribution < 1.29 is 19.1 Å². The van der Waals surface area contributed by atoms with Crippen molar-refractivity contribution >= 4 is 23.6 Å². The van der Waals surface area contributed by atoms with E-state index < -0.39 is 23.8 Å². The predicted octanol–water partition coefficient (Wildman–Crippen LogP) is 6.94. The van der Waals surface area contributed by atoms with Gasteiger partial charge in [0, 0.05) is 12.2 Å². The van der Waals surface area contributed by atoms with Gasteiger partial charge >= 0.3 is 6.09 Å². The number of nitrogens with one attached hydrogen (secondary N) is 2. The third-order valence-electron chi connectivity index (χ3n) is 6.39. The van der Waals surface area contributed by atoms with E-state index in [0.717, 1.165) is 36.1 Å². The summed E-state index contributed by atoms with van der Waals surface area (Å²) >= 11 is 0. The van der Waals surface area contributed by atoms with Gasteiger partial charge < -0.3 is 20.3 Å². The smallest absolute Gasteiger partial charge is 0.408 e. The van der Waals surface area contributed by atoms with Gasteiger partial charge in [0.25, 0.3) is 5.91 Å². The molecule has 0 spiro atoms. The molecule has 7 heteroatoms. The molecule has 3 amide bonds. The number of alkyl carbamates (subject to hydrolysis) is 1. The van der Waals surface area contributed by atoms with Gasteiger partial charge in [-0.15, -0.1) is 0 Å². The Labute approximate surface area is 234 Å². The Kier molecular flexibility index (Phi) is 12.0. The van der Waals surface area contributed by atoms with Gasteiger partial charge in [-0.2, -0.15) is 0 Å². The molecule has 0 saturated heterocycles. The minimum Gasteiger partial charge on any atom is -0.444 e. The van der Waals surface area contributed by atoms with E-state index in [4.69, 9.17) is 4.74 Å². The molecule has 2 rings (SSSR count). The molecule has 2 aromatic carbocycles. The van der Waals surface area contributed by atoms with E-state index in [9.17, 15) is 14.4 Å². The number of rotatable bonds is 12. The molecular weight excluding hydrogens is 490 g/mol. The van der Waals surface area contributed by atoms with Crippen LogP contribution in [0.5, 0.6) is 0 Å². The summed E-state index contributed by atoms with van der Waals surface area (Å²) in [5.41, 5.74) is 2.65. The highest BCUT2D eigenvalue weighted by atomic mass is 16.6. The van der Waals surface area contributed by atoms with Crippen LogP contribution in [0.25, 0.3) is 0 Å². The van der Waals surface area contributed by atoms with Gasteiger partial charge in [-0.1, -0.05) is 82.1 Å². The lowest BCUT2D eigenvalue weighted by atomic mass is 9.98. The second-order valence-corrected chi connectivity index (χ2v) is 11.6. The van der Waals surface area contributed by atoms with Crippen molar-refractivity contribution in [3.63, 3.8) is 0 Å². The van der Waals surface area contributed by atoms with E-state index in [0.29, 0.717) is 18.5 Å². The van der Waals surface area contributed by atoms with Crippen LogP contribution in [0.15, 0.2) is 48.5 Å². The van der Waals surface area contributed by atoms with Crippen LogP contribution in [0.2, 0.25) is 0 Å². The van der Waals surface area contributed by atoms with Crippen molar-refractivity contribution in [3.8, 4) is 0 Å². The Morgan fingerprint density at radius 1 is 0.923 bits per heavy atom. The molecule has 0 radical (unpaired) electrons. The summed E-state index contributed by atoms with van der Waals surface area (Å²) in [6, 6.07) is 13.5. The van der Waals surface area contributed by atoms with Crippen LogP contribution in [-0.2, 0) is 14.3 Å². The minimum atomic E-state index is -0.871. The monoisotopic (exact) mass is 537 g/mol. The maximum absolute atomic E-state index is 14.3. The fraction of sp³-hybridized carbons (Fsp3) is 0.531. The van der Waals surface area contributed by atoms with Gasteiger partial charge in [-0.3, -0.25) is 9.59 Å². The van der Waals surface area contributed by atoms with Gasteiger partial charge in [0.1, 0.15) is 17.7 Å². The number of nitrogens with zero attached hydrogens (tertiary/aromatic N) is 1. The number of para-hydroxylation sites is 1. The molecule has 2 N–H and O–H groups in total. The van der Waals surface area contributed by atoms with Gasteiger partial charge in [0.2, 0.25) is 5.91 Å². The lowest BCUT2D eigenvalue weighted by Gasteiger charge is -2.35. The Morgan fingerprint density at radius 2 is 1.54 bits per heavy atom. The van der Waals surface area contributed by atoms with Crippen LogP contribution >= 0.6 is 0 Å². The van der Waals surface area contributed by atoms with E-state index in [-0.39, 0.29) is 17.7 Å². The second kappa shape index (κ2) is 14.7. The molecule has 2 unspecified atom stereocenters. The van der Waals surface area contributed by atoms with Crippen molar-refractivity contribution in [2.24, 2.45) is 5.92 Å². The van der Waals surface area contributed by atoms with Gasteiger partial charge in [0.05, 0.1) is 0 Å². The number of amides is 3. The summed E-state index contributed by atoms with van der Waals surface area (Å²) in [6.45, 7) is 15.7. The lowest BCUT2D eigenvalue weighted by Crippen LogP contribution is -2.53. The zero-order chi connectivity index (χ0) is 29.2. The van der Waals surface area contributed by atoms with Crippen molar-refractivity contribution in [2.75, 3.05) is 11.9 Å². The second-order valence-electron chi connectivity index (χ2n) is 11.6. The summed E-state index contributed by atoms with van der Waals surface area (Å²) in [5, 5.41) is 5.91. The number of carbonyl (C=O) groups is 3. The molecule has 0 aliphatic carbocycles. The van der Waals surface area contributed by atoms with Crippen molar-refractivity contribution in [2.45, 2.75) is 98.8 Å². The zero-order valence-electron chi connectivity index (χ0n) is 25.0. The summed E-state index contributed by atoms with van der Waals surface area (Å²) in [4.78, 5) is 42.7. The highest BCUT2D eigenvalue weighted by molar-refractivity contribution is 5.99. The molecule has 0 heterocycles. The molecule has 0 saturated carbocycles. The van der Waals surface area contributed by atoms with E-state index in [1.54, 1.807) is 25.7 Å². The number of ether oxygens (including phenoxy) is 1. The third-order valence-corrected chi connectivity index (χ3v) is 6.39. The predicted molar refractivity (Wildman–Crippen MR) is 158 cm³/mol. The first-order valence-electron chi connectivity index (χ1n) is 14.1. The Balaban J connectivity index is 2.53. The fourth-order valence-corrected chi connectivity index (χ4v) is 4.55. The summed E-state index contributed by atoms with van der Waals surface area (Å²) in [5.74, 6) is -0.454. The molecule has 214 valence electrons. The van der Waals surface area contributed by atoms with Crippen LogP contribution in [0.1, 0.15) is 90.0 Å². The van der Waals surface area contributed by atoms with E-state index in [2.05, 4.69) is 17.6 Å². The Hall–Kier alpha value is -3.35. The van der Waals surface area contributed by atoms with Gasteiger partial charge in [0.15, 0.2) is 0 Å². The topological polar surface area (TPSA) is 87.7 Å². The standard InChI is InChI=1S/C32H47N3O4/c1-9-10-14-20-35(30(37)26(21-22(2)3)33-31(38)39-32(6,7)8)28(25-18-12-11-13-19-25)29(36)34-27-23(4)16-15-17-24(27)5/h11-13,15-19,22,26,28H,9-10,14,20-21H2,1-8H3,(H,33,38)(H,34,36). The van der Waals surface area contributed by atoms with Crippen LogP contribution in [0.4, 0.5) is 10.5 Å². The van der Waals surface area contributed by atoms with Crippen molar-refractivity contribution in [1.29, 1.82) is 0 Å². The average Bonchev–Trinajstić information content (AvgIpc) is 2.84. The number of carbonyl (C=O) groups excluding carboxylic acids is 3. The molecule has 0 bridgehead atoms. The minimum absolute atomic E-state index is 0.130. The molecule has 39 heavy (non-hydrogen) atoms. The van der Waals surface area contributed by atoms with E-state index in [1.807, 2.05) is 76.2 Å². The average molecular weight is 538 g/mol. The van der Waals surface area contributed by atoms with Crippen LogP contribution in [-0.4, -0.2) is 41.0 Å². The third kappa shape index (κ3) is 10.0. The highest BCUT2D eigenvalue weighted by Crippen LogP contribution is 2.28. The first-order chi connectivity index (χ1) is 18.3. The summed E-state index contributed by atoms with van der Waals surface area (Å²) in [6.07, 6.45) is 2.40. The van der Waals surface area contributed by atoms with Crippen LogP contribution in [0, 0.1) is 19.8 Å². The van der Waals surface area contributed by atoms with Gasteiger partial charge in [-0.25, -0.2) is 4.79 Å². The number of unbranched alkanes of at least 4 members (excludes halogenated alkanes) is 2. The Bertz CT molecular complexity index is 1070. The Morgan fingerprint density at radius 3 is 2.08 bits per heavy atom.